The zero-order valence-electron chi connectivity index (χ0n) is 11.4. The minimum Gasteiger partial charge on any atom is -0.484 e. The van der Waals surface area contributed by atoms with Gasteiger partial charge in [-0.15, -0.1) is 0 Å². The van der Waals surface area contributed by atoms with Gasteiger partial charge >= 0.3 is 6.18 Å². The summed E-state index contributed by atoms with van der Waals surface area (Å²) in [5, 5.41) is 3.40. The van der Waals surface area contributed by atoms with E-state index in [1.165, 1.54) is 0 Å². The van der Waals surface area contributed by atoms with Crippen molar-refractivity contribution >= 4 is 5.69 Å². The Kier molecular flexibility index (Phi) is 4.75. The summed E-state index contributed by atoms with van der Waals surface area (Å²) in [5.41, 5.74) is 0.916. The van der Waals surface area contributed by atoms with Gasteiger partial charge in [0.2, 0.25) is 0 Å². The summed E-state index contributed by atoms with van der Waals surface area (Å²) >= 11 is 0. The fraction of sp³-hybridized carbons (Fsp3) is 0.571. The zero-order valence-corrected chi connectivity index (χ0v) is 11.4. The number of anilines is 1. The van der Waals surface area contributed by atoms with Crippen molar-refractivity contribution in [1.29, 1.82) is 0 Å². The average molecular weight is 288 g/mol. The lowest BCUT2D eigenvalue weighted by atomic mass is 10.1. The van der Waals surface area contributed by atoms with Gasteiger partial charge in [-0.3, -0.25) is 0 Å². The van der Waals surface area contributed by atoms with Gasteiger partial charge in [-0.25, -0.2) is 0 Å². The number of nitrogens with zero attached hydrogens (tertiary/aromatic N) is 1. The van der Waals surface area contributed by atoms with Crippen LogP contribution in [0.1, 0.15) is 12.8 Å². The van der Waals surface area contributed by atoms with Crippen LogP contribution in [0.5, 0.6) is 5.75 Å². The molecule has 3 nitrogen and oxygen atoms in total. The van der Waals surface area contributed by atoms with Crippen LogP contribution in [-0.4, -0.2) is 43.9 Å². The van der Waals surface area contributed by atoms with Crippen LogP contribution in [0.2, 0.25) is 0 Å². The van der Waals surface area contributed by atoms with Gasteiger partial charge in [0.1, 0.15) is 5.75 Å². The minimum absolute atomic E-state index is 0.233. The van der Waals surface area contributed by atoms with E-state index in [9.17, 15) is 13.2 Å². The van der Waals surface area contributed by atoms with Crippen LogP contribution in [0.15, 0.2) is 24.3 Å². The smallest absolute Gasteiger partial charge is 0.422 e. The standard InChI is InChI=1S/C14H19F3N2O/c1-19-8-6-12(7-9-19)18-11-2-4-13(5-3-11)20-10-14(15,16)17/h2-5,12,18H,6-10H2,1H3. The Morgan fingerprint density at radius 1 is 1.20 bits per heavy atom. The predicted molar refractivity (Wildman–Crippen MR) is 72.1 cm³/mol. The summed E-state index contributed by atoms with van der Waals surface area (Å²) in [5.74, 6) is 0.233. The molecule has 0 aromatic heterocycles. The van der Waals surface area contributed by atoms with Gasteiger partial charge in [0.15, 0.2) is 6.61 Å². The quantitative estimate of drug-likeness (QED) is 0.921. The molecule has 2 rings (SSSR count). The number of rotatable bonds is 4. The monoisotopic (exact) mass is 288 g/mol. The maximum absolute atomic E-state index is 12.0. The van der Waals surface area contributed by atoms with E-state index in [2.05, 4.69) is 22.0 Å². The van der Waals surface area contributed by atoms with E-state index in [1.807, 2.05) is 0 Å². The number of benzene rings is 1. The van der Waals surface area contributed by atoms with E-state index in [0.717, 1.165) is 31.6 Å². The summed E-state index contributed by atoms with van der Waals surface area (Å²) < 4.78 is 40.7. The molecule has 1 heterocycles. The highest BCUT2D eigenvalue weighted by Gasteiger charge is 2.28. The van der Waals surface area contributed by atoms with Crippen molar-refractivity contribution in [3.63, 3.8) is 0 Å². The average Bonchev–Trinajstić information content (AvgIpc) is 2.40. The van der Waals surface area contributed by atoms with Crippen LogP contribution in [-0.2, 0) is 0 Å². The first kappa shape index (κ1) is 15.0. The van der Waals surface area contributed by atoms with E-state index in [-0.39, 0.29) is 5.75 Å². The maximum atomic E-state index is 12.0. The third-order valence-corrected chi connectivity index (χ3v) is 3.35. The Morgan fingerprint density at radius 3 is 2.35 bits per heavy atom. The van der Waals surface area contributed by atoms with Gasteiger partial charge < -0.3 is 15.0 Å². The molecular formula is C14H19F3N2O. The molecule has 0 saturated carbocycles. The van der Waals surface area contributed by atoms with E-state index in [1.54, 1.807) is 24.3 Å². The summed E-state index contributed by atoms with van der Waals surface area (Å²) in [6, 6.07) is 7.05. The number of piperidine rings is 1. The SMILES string of the molecule is CN1CCC(Nc2ccc(OCC(F)(F)F)cc2)CC1. The second-order valence-corrected chi connectivity index (χ2v) is 5.15. The first-order chi connectivity index (χ1) is 9.42. The Morgan fingerprint density at radius 2 is 1.80 bits per heavy atom. The molecule has 1 saturated heterocycles. The number of nitrogens with one attached hydrogen (secondary N) is 1. The predicted octanol–water partition coefficient (Wildman–Crippen LogP) is 3.13. The lowest BCUT2D eigenvalue weighted by molar-refractivity contribution is -0.153. The van der Waals surface area contributed by atoms with Crippen molar-refractivity contribution in [2.75, 3.05) is 32.1 Å². The first-order valence-corrected chi connectivity index (χ1v) is 6.67. The van der Waals surface area contributed by atoms with Crippen molar-refractivity contribution in [3.05, 3.63) is 24.3 Å². The van der Waals surface area contributed by atoms with Gasteiger partial charge in [0, 0.05) is 11.7 Å². The fourth-order valence-corrected chi connectivity index (χ4v) is 2.20. The highest BCUT2D eigenvalue weighted by atomic mass is 19.4. The molecule has 0 atom stereocenters. The molecule has 0 unspecified atom stereocenters. The summed E-state index contributed by atoms with van der Waals surface area (Å²) in [6.07, 6.45) is -2.16. The largest absolute Gasteiger partial charge is 0.484 e. The van der Waals surface area contributed by atoms with Crippen LogP contribution in [0.3, 0.4) is 0 Å². The maximum Gasteiger partial charge on any atom is 0.422 e. The number of alkyl halides is 3. The van der Waals surface area contributed by atoms with Crippen LogP contribution in [0.25, 0.3) is 0 Å². The molecule has 1 fully saturated rings. The van der Waals surface area contributed by atoms with Crippen molar-refractivity contribution in [2.24, 2.45) is 0 Å². The topological polar surface area (TPSA) is 24.5 Å². The van der Waals surface area contributed by atoms with Crippen molar-refractivity contribution in [3.8, 4) is 5.75 Å². The third-order valence-electron chi connectivity index (χ3n) is 3.35. The Bertz CT molecular complexity index is 411. The van der Waals surface area contributed by atoms with Gasteiger partial charge in [-0.1, -0.05) is 0 Å². The third kappa shape index (κ3) is 4.92. The van der Waals surface area contributed by atoms with E-state index in [0.29, 0.717) is 6.04 Å². The van der Waals surface area contributed by atoms with E-state index < -0.39 is 12.8 Å². The number of halogens is 3. The first-order valence-electron chi connectivity index (χ1n) is 6.67. The van der Waals surface area contributed by atoms with Crippen LogP contribution >= 0.6 is 0 Å². The molecule has 1 N–H and O–H groups in total. The second kappa shape index (κ2) is 6.35. The summed E-state index contributed by atoms with van der Waals surface area (Å²) in [4.78, 5) is 2.28. The lowest BCUT2D eigenvalue weighted by Crippen LogP contribution is -2.36. The fourth-order valence-electron chi connectivity index (χ4n) is 2.20. The molecule has 0 bridgehead atoms. The summed E-state index contributed by atoms with van der Waals surface area (Å²) in [6.45, 7) is 0.865. The van der Waals surface area contributed by atoms with Crippen LogP contribution < -0.4 is 10.1 Å². The molecule has 0 spiro atoms. The molecule has 1 aliphatic rings. The molecule has 1 aromatic carbocycles. The van der Waals surface area contributed by atoms with Gasteiger partial charge in [-0.2, -0.15) is 13.2 Å². The molecule has 6 heteroatoms. The van der Waals surface area contributed by atoms with Crippen molar-refractivity contribution < 1.29 is 17.9 Å². The molecule has 0 radical (unpaired) electrons. The second-order valence-electron chi connectivity index (χ2n) is 5.15. The molecule has 1 aromatic rings. The van der Waals surface area contributed by atoms with Gasteiger partial charge in [0.25, 0.3) is 0 Å². The molecule has 112 valence electrons. The van der Waals surface area contributed by atoms with Crippen molar-refractivity contribution in [1.82, 2.24) is 4.90 Å². The molecule has 20 heavy (non-hydrogen) atoms. The van der Waals surface area contributed by atoms with Gasteiger partial charge in [-0.05, 0) is 57.2 Å². The van der Waals surface area contributed by atoms with E-state index >= 15 is 0 Å². The normalized spacial score (nSPS) is 18.0. The Balaban J connectivity index is 1.82. The molecule has 0 aliphatic carbocycles. The number of likely N-dealkylation sites (tertiary alicyclic amines) is 1. The van der Waals surface area contributed by atoms with Gasteiger partial charge in [0.05, 0.1) is 0 Å². The Labute approximate surface area is 116 Å². The highest BCUT2D eigenvalue weighted by molar-refractivity contribution is 5.47. The molecule has 0 amide bonds. The van der Waals surface area contributed by atoms with Crippen LogP contribution in [0, 0.1) is 0 Å². The number of hydrogen-bond acceptors (Lipinski definition) is 3. The molecule has 1 aliphatic heterocycles. The van der Waals surface area contributed by atoms with Crippen molar-refractivity contribution in [2.45, 2.75) is 25.1 Å². The number of ether oxygens (including phenoxy) is 1. The Hall–Kier alpha value is -1.43. The zero-order chi connectivity index (χ0) is 14.6. The lowest BCUT2D eigenvalue weighted by Gasteiger charge is -2.30. The highest BCUT2D eigenvalue weighted by Crippen LogP contribution is 2.21. The number of hydrogen-bond donors (Lipinski definition) is 1. The van der Waals surface area contributed by atoms with Crippen LogP contribution in [0.4, 0.5) is 18.9 Å². The summed E-state index contributed by atoms with van der Waals surface area (Å²) in [7, 11) is 2.10. The molecular weight excluding hydrogens is 269 g/mol. The van der Waals surface area contributed by atoms with E-state index in [4.69, 9.17) is 0 Å². The minimum atomic E-state index is -4.30.